The van der Waals surface area contributed by atoms with Crippen molar-refractivity contribution < 1.29 is 21.9 Å². The number of benzene rings is 3. The zero-order chi connectivity index (χ0) is 21.5. The van der Waals surface area contributed by atoms with E-state index in [1.54, 1.807) is 42.5 Å². The second-order valence-electron chi connectivity index (χ2n) is 6.71. The van der Waals surface area contributed by atoms with Crippen LogP contribution in [0.3, 0.4) is 0 Å². The first-order valence-electron chi connectivity index (χ1n) is 8.85. The van der Waals surface area contributed by atoms with Crippen molar-refractivity contribution in [3.8, 4) is 28.3 Å². The molecule has 0 unspecified atom stereocenters. The van der Waals surface area contributed by atoms with E-state index in [2.05, 4.69) is 14.7 Å². The van der Waals surface area contributed by atoms with Gasteiger partial charge in [0.25, 0.3) is 0 Å². The number of halogens is 2. The lowest BCUT2D eigenvalue weighted by Crippen LogP contribution is -2.09. The molecule has 0 aliphatic rings. The number of rotatable bonds is 5. The molecule has 1 heterocycles. The summed E-state index contributed by atoms with van der Waals surface area (Å²) in [6.07, 6.45) is 1.03. The molecule has 0 bridgehead atoms. The van der Waals surface area contributed by atoms with Gasteiger partial charge in [0.1, 0.15) is 11.6 Å². The number of fused-ring (bicyclic) bond motifs is 1. The summed E-state index contributed by atoms with van der Waals surface area (Å²) >= 11 is 0. The van der Waals surface area contributed by atoms with Crippen LogP contribution in [0.15, 0.2) is 54.6 Å². The van der Waals surface area contributed by atoms with Gasteiger partial charge in [-0.05, 0) is 41.5 Å². The molecule has 0 fully saturated rings. The molecule has 0 spiro atoms. The molecule has 4 rings (SSSR count). The van der Waals surface area contributed by atoms with Crippen molar-refractivity contribution in [1.82, 2.24) is 9.97 Å². The minimum absolute atomic E-state index is 0.0540. The molecule has 2 N–H and O–H groups in total. The highest BCUT2D eigenvalue weighted by Crippen LogP contribution is 2.36. The second kappa shape index (κ2) is 7.42. The molecule has 0 saturated heterocycles. The van der Waals surface area contributed by atoms with Crippen molar-refractivity contribution in [2.75, 3.05) is 18.1 Å². The van der Waals surface area contributed by atoms with Crippen molar-refractivity contribution in [2.45, 2.75) is 0 Å². The van der Waals surface area contributed by atoms with E-state index in [1.165, 1.54) is 13.2 Å². The Kier molecular flexibility index (Phi) is 4.90. The van der Waals surface area contributed by atoms with Gasteiger partial charge in [-0.3, -0.25) is 4.72 Å². The van der Waals surface area contributed by atoms with E-state index in [0.717, 1.165) is 12.3 Å². The van der Waals surface area contributed by atoms with E-state index < -0.39 is 21.7 Å². The maximum Gasteiger partial charge on any atom is 0.229 e. The Balaban J connectivity index is 1.90. The topological polar surface area (TPSA) is 84.1 Å². The number of methoxy groups -OCH3 is 1. The third kappa shape index (κ3) is 3.84. The number of hydrogen-bond donors (Lipinski definition) is 2. The first-order valence-corrected chi connectivity index (χ1v) is 10.7. The molecule has 4 aromatic rings. The number of nitrogens with zero attached hydrogens (tertiary/aromatic N) is 1. The number of aromatic amines is 1. The molecule has 0 aliphatic carbocycles. The van der Waals surface area contributed by atoms with Crippen LogP contribution in [0.25, 0.3) is 33.5 Å². The van der Waals surface area contributed by atoms with E-state index in [0.29, 0.717) is 33.6 Å². The summed E-state index contributed by atoms with van der Waals surface area (Å²) in [5.74, 6) is -1.33. The highest BCUT2D eigenvalue weighted by Gasteiger charge is 2.20. The van der Waals surface area contributed by atoms with Crippen molar-refractivity contribution in [2.24, 2.45) is 0 Å². The molecular formula is C21H17F2N3O3S. The molecule has 0 saturated carbocycles. The summed E-state index contributed by atoms with van der Waals surface area (Å²) in [6, 6.07) is 14.0. The van der Waals surface area contributed by atoms with Crippen LogP contribution < -0.4 is 9.46 Å². The van der Waals surface area contributed by atoms with E-state index in [9.17, 15) is 17.2 Å². The number of sulfonamides is 1. The standard InChI is InChI=1S/C21H17F2N3O3S/c1-29-14-6-9-17-18(11-14)25-21(24-17)19-15(7-8-16(22)20(19)23)12-4-3-5-13(10-12)26-30(2,27)28/h3-11,26H,1-2H3,(H,24,25). The first-order chi connectivity index (χ1) is 14.2. The second-order valence-corrected chi connectivity index (χ2v) is 8.46. The zero-order valence-corrected chi connectivity index (χ0v) is 16.8. The number of hydrogen-bond acceptors (Lipinski definition) is 4. The summed E-state index contributed by atoms with van der Waals surface area (Å²) in [6.45, 7) is 0. The van der Waals surface area contributed by atoms with Crippen LogP contribution in [0, 0.1) is 11.6 Å². The Hall–Kier alpha value is -3.46. The third-order valence-corrected chi connectivity index (χ3v) is 5.10. The van der Waals surface area contributed by atoms with Gasteiger partial charge < -0.3 is 9.72 Å². The predicted octanol–water partition coefficient (Wildman–Crippen LogP) is 4.56. The van der Waals surface area contributed by atoms with Crippen molar-refractivity contribution in [1.29, 1.82) is 0 Å². The minimum atomic E-state index is -3.49. The van der Waals surface area contributed by atoms with Gasteiger partial charge in [0, 0.05) is 11.8 Å². The fourth-order valence-electron chi connectivity index (χ4n) is 3.22. The zero-order valence-electron chi connectivity index (χ0n) is 16.0. The largest absolute Gasteiger partial charge is 0.497 e. The number of nitrogens with one attached hydrogen (secondary N) is 2. The van der Waals surface area contributed by atoms with Gasteiger partial charge >= 0.3 is 0 Å². The van der Waals surface area contributed by atoms with Gasteiger partial charge in [0.15, 0.2) is 11.6 Å². The van der Waals surface area contributed by atoms with Gasteiger partial charge in [-0.2, -0.15) is 0 Å². The SMILES string of the molecule is COc1ccc2nc(-c3c(-c4cccc(NS(C)(=O)=O)c4)ccc(F)c3F)[nH]c2c1. The number of H-pyrrole nitrogens is 1. The molecule has 30 heavy (non-hydrogen) atoms. The highest BCUT2D eigenvalue weighted by atomic mass is 32.2. The fraction of sp³-hybridized carbons (Fsp3) is 0.0952. The summed E-state index contributed by atoms with van der Waals surface area (Å²) in [4.78, 5) is 7.41. The molecule has 6 nitrogen and oxygen atoms in total. The lowest BCUT2D eigenvalue weighted by atomic mass is 9.98. The van der Waals surface area contributed by atoms with Gasteiger partial charge in [-0.25, -0.2) is 22.2 Å². The van der Waals surface area contributed by atoms with E-state index >= 15 is 0 Å². The molecule has 0 amide bonds. The molecule has 1 aromatic heterocycles. The minimum Gasteiger partial charge on any atom is -0.497 e. The average molecular weight is 429 g/mol. The van der Waals surface area contributed by atoms with Crippen molar-refractivity contribution in [3.63, 3.8) is 0 Å². The molecule has 0 radical (unpaired) electrons. The lowest BCUT2D eigenvalue weighted by molar-refractivity contribution is 0.415. The monoisotopic (exact) mass is 429 g/mol. The summed E-state index contributed by atoms with van der Waals surface area (Å²) in [7, 11) is -1.96. The maximum absolute atomic E-state index is 14.9. The van der Waals surface area contributed by atoms with Gasteiger partial charge in [-0.15, -0.1) is 0 Å². The summed E-state index contributed by atoms with van der Waals surface area (Å²) in [5, 5.41) is 0. The summed E-state index contributed by atoms with van der Waals surface area (Å²) in [5.41, 5.74) is 2.27. The third-order valence-electron chi connectivity index (χ3n) is 4.50. The van der Waals surface area contributed by atoms with Gasteiger partial charge in [0.2, 0.25) is 10.0 Å². The molecule has 0 atom stereocenters. The van der Waals surface area contributed by atoms with E-state index in [4.69, 9.17) is 4.74 Å². The Morgan fingerprint density at radius 2 is 1.87 bits per heavy atom. The molecule has 0 aliphatic heterocycles. The lowest BCUT2D eigenvalue weighted by Gasteiger charge is -2.12. The maximum atomic E-state index is 14.9. The Bertz CT molecular complexity index is 1370. The normalized spacial score (nSPS) is 11.6. The van der Waals surface area contributed by atoms with Crippen LogP contribution in [0.1, 0.15) is 0 Å². The van der Waals surface area contributed by atoms with Gasteiger partial charge in [0.05, 0.1) is 30.0 Å². The first kappa shape index (κ1) is 19.8. The van der Waals surface area contributed by atoms with Crippen LogP contribution in [-0.2, 0) is 10.0 Å². The molecule has 154 valence electrons. The average Bonchev–Trinajstić information content (AvgIpc) is 3.11. The summed E-state index contributed by atoms with van der Waals surface area (Å²) < 4.78 is 59.7. The molecule has 9 heteroatoms. The van der Waals surface area contributed by atoms with E-state index in [1.807, 2.05) is 0 Å². The fourth-order valence-corrected chi connectivity index (χ4v) is 3.78. The van der Waals surface area contributed by atoms with Gasteiger partial charge in [-0.1, -0.05) is 18.2 Å². The molecule has 3 aromatic carbocycles. The van der Waals surface area contributed by atoms with Crippen molar-refractivity contribution >= 4 is 26.7 Å². The highest BCUT2D eigenvalue weighted by molar-refractivity contribution is 7.92. The number of aromatic nitrogens is 2. The Morgan fingerprint density at radius 3 is 2.60 bits per heavy atom. The van der Waals surface area contributed by atoms with E-state index in [-0.39, 0.29) is 11.4 Å². The smallest absolute Gasteiger partial charge is 0.229 e. The quantitative estimate of drug-likeness (QED) is 0.487. The van der Waals surface area contributed by atoms with Crippen LogP contribution in [-0.4, -0.2) is 31.8 Å². The van der Waals surface area contributed by atoms with Crippen LogP contribution in [0.2, 0.25) is 0 Å². The predicted molar refractivity (Wildman–Crippen MR) is 112 cm³/mol. The number of ether oxygens (including phenoxy) is 1. The molecular weight excluding hydrogens is 412 g/mol. The van der Waals surface area contributed by atoms with Crippen molar-refractivity contribution in [3.05, 3.63) is 66.2 Å². The van der Waals surface area contributed by atoms with Crippen LogP contribution >= 0.6 is 0 Å². The number of imidazole rings is 1. The van der Waals surface area contributed by atoms with Crippen LogP contribution in [0.5, 0.6) is 5.75 Å². The number of anilines is 1. The Labute approximate surface area is 171 Å². The Morgan fingerprint density at radius 1 is 1.07 bits per heavy atom. The van der Waals surface area contributed by atoms with Crippen LogP contribution in [0.4, 0.5) is 14.5 Å².